The predicted molar refractivity (Wildman–Crippen MR) is 219 cm³/mol. The van der Waals surface area contributed by atoms with Gasteiger partial charge in [0.25, 0.3) is 0 Å². The summed E-state index contributed by atoms with van der Waals surface area (Å²) in [5.74, 6) is 0. The van der Waals surface area contributed by atoms with Crippen molar-refractivity contribution in [2.24, 2.45) is 0 Å². The third kappa shape index (κ3) is 6.68. The molecule has 0 bridgehead atoms. The van der Waals surface area contributed by atoms with E-state index < -0.39 is 0 Å². The molecular weight excluding hydrogens is 619 g/mol. The molecule has 7 aromatic rings. The number of fused-ring (bicyclic) bond motifs is 4. The van der Waals surface area contributed by atoms with E-state index in [9.17, 15) is 0 Å². The molecule has 0 amide bonds. The Balaban J connectivity index is 0.000000761. The highest BCUT2D eigenvalue weighted by atomic mass is 15.0. The summed E-state index contributed by atoms with van der Waals surface area (Å²) in [6.07, 6.45) is 22.7. The van der Waals surface area contributed by atoms with Gasteiger partial charge >= 0.3 is 0 Å². The minimum atomic E-state index is 0.899. The maximum Gasteiger partial charge on any atom is 0.0571 e. The van der Waals surface area contributed by atoms with Gasteiger partial charge in [0.1, 0.15) is 0 Å². The van der Waals surface area contributed by atoms with E-state index >= 15 is 0 Å². The van der Waals surface area contributed by atoms with Crippen LogP contribution in [0.1, 0.15) is 60.8 Å². The third-order valence-corrected chi connectivity index (χ3v) is 9.80. The summed E-state index contributed by atoms with van der Waals surface area (Å²) in [5, 5.41) is 2.41. The van der Waals surface area contributed by atoms with Crippen LogP contribution in [0.5, 0.6) is 0 Å². The van der Waals surface area contributed by atoms with Crippen molar-refractivity contribution in [3.8, 4) is 22.5 Å². The second kappa shape index (κ2) is 15.3. The SMILES string of the molecule is C/C=C\c1c(CC)c2c(n1-c1ccc(-c3ccc(Cc4ccc(-n5c6ccccc6c6cnccc65)cc4)cc3)cc1)C=CCC2.C=C/C=C\C. The second-order valence-electron chi connectivity index (χ2n) is 13.0. The first-order valence-electron chi connectivity index (χ1n) is 18.1. The van der Waals surface area contributed by atoms with Crippen molar-refractivity contribution < 1.29 is 0 Å². The van der Waals surface area contributed by atoms with Gasteiger partial charge in [0, 0.05) is 45.9 Å². The maximum atomic E-state index is 4.38. The topological polar surface area (TPSA) is 22.8 Å². The molecule has 8 rings (SSSR count). The first-order chi connectivity index (χ1) is 25.1. The Labute approximate surface area is 302 Å². The molecular formula is C48H45N3. The fourth-order valence-corrected chi connectivity index (χ4v) is 7.44. The number of hydrogen-bond donors (Lipinski definition) is 0. The van der Waals surface area contributed by atoms with Gasteiger partial charge < -0.3 is 9.13 Å². The summed E-state index contributed by atoms with van der Waals surface area (Å²) in [4.78, 5) is 4.38. The predicted octanol–water partition coefficient (Wildman–Crippen LogP) is 12.5. The van der Waals surface area contributed by atoms with Gasteiger partial charge in [0.15, 0.2) is 0 Å². The maximum absolute atomic E-state index is 4.38. The highest BCUT2D eigenvalue weighted by Gasteiger charge is 2.21. The number of pyridine rings is 1. The Morgan fingerprint density at radius 3 is 2.04 bits per heavy atom. The number of rotatable bonds is 8. The zero-order valence-electron chi connectivity index (χ0n) is 29.9. The Kier molecular flexibility index (Phi) is 10.1. The van der Waals surface area contributed by atoms with Crippen molar-refractivity contribution in [1.29, 1.82) is 0 Å². The van der Waals surface area contributed by atoms with E-state index in [2.05, 4.69) is 162 Å². The van der Waals surface area contributed by atoms with E-state index in [1.54, 1.807) is 6.08 Å². The lowest BCUT2D eigenvalue weighted by atomic mass is 9.98. The van der Waals surface area contributed by atoms with Crippen LogP contribution in [0.3, 0.4) is 0 Å². The molecule has 51 heavy (non-hydrogen) atoms. The van der Waals surface area contributed by atoms with E-state index in [0.717, 1.165) is 25.7 Å². The molecule has 0 atom stereocenters. The van der Waals surface area contributed by atoms with Gasteiger partial charge in [-0.15, -0.1) is 0 Å². The minimum Gasteiger partial charge on any atom is -0.310 e. The van der Waals surface area contributed by atoms with Crippen molar-refractivity contribution >= 4 is 34.0 Å². The summed E-state index contributed by atoms with van der Waals surface area (Å²) in [6, 6.07) is 37.8. The second-order valence-corrected chi connectivity index (χ2v) is 13.0. The summed E-state index contributed by atoms with van der Waals surface area (Å²) < 4.78 is 4.78. The third-order valence-electron chi connectivity index (χ3n) is 9.80. The van der Waals surface area contributed by atoms with Gasteiger partial charge in [-0.1, -0.05) is 111 Å². The molecule has 0 spiro atoms. The Morgan fingerprint density at radius 2 is 1.37 bits per heavy atom. The van der Waals surface area contributed by atoms with E-state index in [4.69, 9.17) is 0 Å². The van der Waals surface area contributed by atoms with Crippen LogP contribution in [0, 0.1) is 0 Å². The lowest BCUT2D eigenvalue weighted by Crippen LogP contribution is -2.01. The molecule has 0 saturated heterocycles. The number of nitrogens with zero attached hydrogens (tertiary/aromatic N) is 3. The number of allylic oxidation sites excluding steroid dienone is 5. The number of benzene rings is 4. The Hall–Kier alpha value is -5.93. The van der Waals surface area contributed by atoms with Crippen molar-refractivity contribution in [3.63, 3.8) is 0 Å². The summed E-state index contributed by atoms with van der Waals surface area (Å²) >= 11 is 0. The van der Waals surface area contributed by atoms with Gasteiger partial charge in [0.2, 0.25) is 0 Å². The van der Waals surface area contributed by atoms with Crippen molar-refractivity contribution in [3.05, 3.63) is 186 Å². The quantitative estimate of drug-likeness (QED) is 0.148. The fourth-order valence-electron chi connectivity index (χ4n) is 7.44. The lowest BCUT2D eigenvalue weighted by Gasteiger charge is -2.14. The first kappa shape index (κ1) is 33.6. The average molecular weight is 664 g/mol. The standard InChI is InChI=1S/C43H37N3.C5H8/c1-3-9-40-36(4-2)37-10-5-7-12-41(37)45(40)35-24-20-33(21-25-35)32-18-14-30(15-19-32)28-31-16-22-34(23-17-31)46-42-13-8-6-11-38(42)39-29-44-27-26-43(39)46;1-3-5-4-2/h3,6-9,11-27,29H,4-5,10,28H2,1-2H3;3-5H,1H2,2H3/b9-3-;5-4-. The molecule has 0 saturated carbocycles. The molecule has 0 fully saturated rings. The Bertz CT molecular complexity index is 2320. The van der Waals surface area contributed by atoms with Crippen LogP contribution in [0.4, 0.5) is 0 Å². The first-order valence-corrected chi connectivity index (χ1v) is 18.1. The van der Waals surface area contributed by atoms with Crippen LogP contribution >= 0.6 is 0 Å². The average Bonchev–Trinajstić information content (AvgIpc) is 3.69. The monoisotopic (exact) mass is 663 g/mol. The smallest absolute Gasteiger partial charge is 0.0571 e. The molecule has 3 heteroatoms. The van der Waals surface area contributed by atoms with Crippen LogP contribution in [0.2, 0.25) is 0 Å². The molecule has 1 aliphatic carbocycles. The van der Waals surface area contributed by atoms with Gasteiger partial charge in [-0.25, -0.2) is 0 Å². The summed E-state index contributed by atoms with van der Waals surface area (Å²) in [6.45, 7) is 9.81. The zero-order chi connectivity index (χ0) is 35.2. The number of hydrogen-bond acceptors (Lipinski definition) is 1. The summed E-state index contributed by atoms with van der Waals surface area (Å²) in [7, 11) is 0. The Morgan fingerprint density at radius 1 is 0.725 bits per heavy atom. The summed E-state index contributed by atoms with van der Waals surface area (Å²) in [5.41, 5.74) is 15.5. The molecule has 0 unspecified atom stereocenters. The van der Waals surface area contributed by atoms with Gasteiger partial charge in [0.05, 0.1) is 11.0 Å². The van der Waals surface area contributed by atoms with Crippen molar-refractivity contribution in [2.45, 2.75) is 46.5 Å². The number of aromatic nitrogens is 3. The van der Waals surface area contributed by atoms with Crippen molar-refractivity contribution in [2.75, 3.05) is 0 Å². The van der Waals surface area contributed by atoms with Gasteiger partial charge in [-0.3, -0.25) is 4.98 Å². The van der Waals surface area contributed by atoms with Crippen LogP contribution in [0.15, 0.2) is 152 Å². The molecule has 3 nitrogen and oxygen atoms in total. The van der Waals surface area contributed by atoms with Gasteiger partial charge in [-0.05, 0) is 121 Å². The van der Waals surface area contributed by atoms with E-state index in [0.29, 0.717) is 0 Å². The van der Waals surface area contributed by atoms with Crippen molar-refractivity contribution in [1.82, 2.24) is 14.1 Å². The van der Waals surface area contributed by atoms with E-state index in [-0.39, 0.29) is 0 Å². The minimum absolute atomic E-state index is 0.899. The molecule has 252 valence electrons. The molecule has 3 aromatic heterocycles. The molecule has 0 radical (unpaired) electrons. The molecule has 1 aliphatic rings. The van der Waals surface area contributed by atoms with E-state index in [1.165, 1.54) is 77.9 Å². The molecule has 3 heterocycles. The largest absolute Gasteiger partial charge is 0.310 e. The fraction of sp³-hybridized carbons (Fsp3) is 0.146. The van der Waals surface area contributed by atoms with Gasteiger partial charge in [-0.2, -0.15) is 0 Å². The van der Waals surface area contributed by atoms with Crippen LogP contribution in [-0.4, -0.2) is 14.1 Å². The van der Waals surface area contributed by atoms with Crippen LogP contribution < -0.4 is 0 Å². The zero-order valence-corrected chi connectivity index (χ0v) is 29.9. The molecule has 4 aromatic carbocycles. The van der Waals surface area contributed by atoms with Crippen LogP contribution in [-0.2, 0) is 19.3 Å². The highest BCUT2D eigenvalue weighted by molar-refractivity contribution is 6.08. The lowest BCUT2D eigenvalue weighted by molar-refractivity contribution is 0.945. The highest BCUT2D eigenvalue weighted by Crippen LogP contribution is 2.35. The normalized spacial score (nSPS) is 12.5. The van der Waals surface area contributed by atoms with Crippen LogP contribution in [0.25, 0.3) is 56.5 Å². The molecule has 0 aliphatic heterocycles. The molecule has 0 N–H and O–H groups in total. The van der Waals surface area contributed by atoms with E-state index in [1.807, 2.05) is 31.5 Å². The number of para-hydroxylation sites is 1.